The van der Waals surface area contributed by atoms with Gasteiger partial charge in [0.15, 0.2) is 6.61 Å². The zero-order valence-corrected chi connectivity index (χ0v) is 15.2. The first kappa shape index (κ1) is 19.3. The first-order valence-corrected chi connectivity index (χ1v) is 8.24. The number of hydrogen-bond donors (Lipinski definition) is 1. The van der Waals surface area contributed by atoms with Crippen molar-refractivity contribution in [2.24, 2.45) is 0 Å². The van der Waals surface area contributed by atoms with Gasteiger partial charge in [-0.1, -0.05) is 30.3 Å². The van der Waals surface area contributed by atoms with E-state index in [1.54, 1.807) is 31.4 Å². The van der Waals surface area contributed by atoms with E-state index in [2.05, 4.69) is 10.1 Å². The second-order valence-electron chi connectivity index (χ2n) is 5.72. The van der Waals surface area contributed by atoms with Gasteiger partial charge >= 0.3 is 5.97 Å². The molecule has 2 aromatic rings. The Balaban J connectivity index is 1.85. The van der Waals surface area contributed by atoms with Gasteiger partial charge in [0.2, 0.25) is 0 Å². The van der Waals surface area contributed by atoms with Gasteiger partial charge in [0, 0.05) is 5.56 Å². The van der Waals surface area contributed by atoms with Gasteiger partial charge in [-0.3, -0.25) is 9.59 Å². The van der Waals surface area contributed by atoms with E-state index >= 15 is 0 Å². The minimum atomic E-state index is -0.302. The predicted molar refractivity (Wildman–Crippen MR) is 97.2 cm³/mol. The number of esters is 1. The Morgan fingerprint density at radius 2 is 1.73 bits per heavy atom. The third-order valence-electron chi connectivity index (χ3n) is 3.85. The fourth-order valence-electron chi connectivity index (χ4n) is 2.48. The average Bonchev–Trinajstić information content (AvgIpc) is 2.67. The van der Waals surface area contributed by atoms with Crippen molar-refractivity contribution < 1.29 is 23.8 Å². The van der Waals surface area contributed by atoms with E-state index in [1.807, 2.05) is 31.2 Å². The maximum atomic E-state index is 12.1. The van der Waals surface area contributed by atoms with Crippen molar-refractivity contribution in [2.45, 2.75) is 19.4 Å². The van der Waals surface area contributed by atoms with Crippen molar-refractivity contribution in [3.05, 3.63) is 59.7 Å². The summed E-state index contributed by atoms with van der Waals surface area (Å²) in [5.74, 6) is 0.742. The third kappa shape index (κ3) is 5.51. The lowest BCUT2D eigenvalue weighted by Crippen LogP contribution is -2.31. The Hall–Kier alpha value is -3.02. The van der Waals surface area contributed by atoms with E-state index in [9.17, 15) is 9.59 Å². The summed E-state index contributed by atoms with van der Waals surface area (Å²) in [4.78, 5) is 23.3. The molecule has 0 radical (unpaired) electrons. The first-order chi connectivity index (χ1) is 12.5. The number of ether oxygens (including phenoxy) is 3. The van der Waals surface area contributed by atoms with E-state index in [-0.39, 0.29) is 30.9 Å². The van der Waals surface area contributed by atoms with Gasteiger partial charge in [-0.05, 0) is 30.7 Å². The second kappa shape index (κ2) is 9.46. The van der Waals surface area contributed by atoms with Crippen LogP contribution >= 0.6 is 0 Å². The highest BCUT2D eigenvalue weighted by atomic mass is 16.5. The number of benzene rings is 2. The summed E-state index contributed by atoms with van der Waals surface area (Å²) in [6, 6.07) is 14.3. The normalized spacial score (nSPS) is 11.3. The summed E-state index contributed by atoms with van der Waals surface area (Å²) in [5.41, 5.74) is 1.72. The molecule has 26 heavy (non-hydrogen) atoms. The largest absolute Gasteiger partial charge is 0.496 e. The standard InChI is InChI=1S/C20H23NO5/c1-14(17-6-4-5-7-18(17)24-2)21-19(22)13-26-16-10-8-15(9-11-16)12-20(23)25-3/h4-11,14H,12-13H2,1-3H3,(H,21,22)/t14-/m0/s1. The first-order valence-electron chi connectivity index (χ1n) is 8.24. The Bertz CT molecular complexity index is 742. The number of carbonyl (C=O) groups excluding carboxylic acids is 2. The van der Waals surface area contributed by atoms with E-state index in [0.717, 1.165) is 16.9 Å². The van der Waals surface area contributed by atoms with Crippen LogP contribution in [0.25, 0.3) is 0 Å². The molecular weight excluding hydrogens is 334 g/mol. The van der Waals surface area contributed by atoms with E-state index < -0.39 is 0 Å². The van der Waals surface area contributed by atoms with Gasteiger partial charge in [-0.15, -0.1) is 0 Å². The van der Waals surface area contributed by atoms with E-state index in [0.29, 0.717) is 5.75 Å². The molecule has 0 aliphatic carbocycles. The molecule has 1 atom stereocenters. The molecule has 1 amide bonds. The zero-order chi connectivity index (χ0) is 18.9. The molecule has 2 rings (SSSR count). The molecule has 0 spiro atoms. The van der Waals surface area contributed by atoms with Gasteiger partial charge in [0.05, 0.1) is 26.7 Å². The molecule has 0 aliphatic rings. The summed E-state index contributed by atoms with van der Waals surface area (Å²) >= 11 is 0. The fourth-order valence-corrected chi connectivity index (χ4v) is 2.48. The van der Waals surface area contributed by atoms with E-state index in [4.69, 9.17) is 9.47 Å². The third-order valence-corrected chi connectivity index (χ3v) is 3.85. The molecule has 0 fully saturated rings. The summed E-state index contributed by atoms with van der Waals surface area (Å²) in [6.45, 7) is 1.78. The molecule has 0 bridgehead atoms. The minimum Gasteiger partial charge on any atom is -0.496 e. The number of methoxy groups -OCH3 is 2. The summed E-state index contributed by atoms with van der Waals surface area (Å²) in [5, 5.41) is 2.88. The molecule has 0 heterocycles. The minimum absolute atomic E-state index is 0.101. The van der Waals surface area contributed by atoms with Crippen LogP contribution in [0.2, 0.25) is 0 Å². The van der Waals surface area contributed by atoms with Crippen molar-refractivity contribution in [3.8, 4) is 11.5 Å². The van der Waals surface area contributed by atoms with Crippen LogP contribution in [-0.2, 0) is 20.7 Å². The molecule has 0 unspecified atom stereocenters. The Morgan fingerprint density at radius 1 is 1.04 bits per heavy atom. The number of amides is 1. The molecule has 0 aromatic heterocycles. The van der Waals surface area contributed by atoms with Crippen LogP contribution in [0.5, 0.6) is 11.5 Å². The van der Waals surface area contributed by atoms with Crippen molar-refractivity contribution in [1.82, 2.24) is 5.32 Å². The molecule has 1 N–H and O–H groups in total. The van der Waals surface area contributed by atoms with Crippen LogP contribution in [0.4, 0.5) is 0 Å². The highest BCUT2D eigenvalue weighted by molar-refractivity contribution is 5.78. The van der Waals surface area contributed by atoms with Crippen LogP contribution in [0.3, 0.4) is 0 Å². The number of carbonyl (C=O) groups is 2. The van der Waals surface area contributed by atoms with Crippen LogP contribution < -0.4 is 14.8 Å². The van der Waals surface area contributed by atoms with Crippen LogP contribution in [-0.4, -0.2) is 32.7 Å². The van der Waals surface area contributed by atoms with Crippen LogP contribution in [0, 0.1) is 0 Å². The maximum Gasteiger partial charge on any atom is 0.309 e. The molecule has 0 saturated heterocycles. The van der Waals surface area contributed by atoms with Crippen molar-refractivity contribution in [3.63, 3.8) is 0 Å². The molecule has 138 valence electrons. The highest BCUT2D eigenvalue weighted by Crippen LogP contribution is 2.24. The highest BCUT2D eigenvalue weighted by Gasteiger charge is 2.14. The quantitative estimate of drug-likeness (QED) is 0.735. The smallest absolute Gasteiger partial charge is 0.309 e. The Labute approximate surface area is 153 Å². The van der Waals surface area contributed by atoms with Crippen molar-refractivity contribution >= 4 is 11.9 Å². The van der Waals surface area contributed by atoms with Crippen molar-refractivity contribution in [2.75, 3.05) is 20.8 Å². The molecular formula is C20H23NO5. The SMILES string of the molecule is COC(=O)Cc1ccc(OCC(=O)N[C@@H](C)c2ccccc2OC)cc1. The second-order valence-corrected chi connectivity index (χ2v) is 5.72. The summed E-state index contributed by atoms with van der Waals surface area (Å²) in [7, 11) is 2.95. The Kier molecular flexibility index (Phi) is 7.02. The van der Waals surface area contributed by atoms with Crippen molar-refractivity contribution in [1.29, 1.82) is 0 Å². The summed E-state index contributed by atoms with van der Waals surface area (Å²) in [6.07, 6.45) is 0.202. The van der Waals surface area contributed by atoms with Crippen LogP contribution in [0.15, 0.2) is 48.5 Å². The Morgan fingerprint density at radius 3 is 2.38 bits per heavy atom. The molecule has 0 aliphatic heterocycles. The van der Waals surface area contributed by atoms with Gasteiger partial charge in [-0.2, -0.15) is 0 Å². The topological polar surface area (TPSA) is 73.9 Å². The number of nitrogens with one attached hydrogen (secondary N) is 1. The lowest BCUT2D eigenvalue weighted by Gasteiger charge is -2.17. The number of hydrogen-bond acceptors (Lipinski definition) is 5. The number of rotatable bonds is 8. The van der Waals surface area contributed by atoms with Gasteiger partial charge in [0.25, 0.3) is 5.91 Å². The average molecular weight is 357 g/mol. The lowest BCUT2D eigenvalue weighted by molar-refractivity contribution is -0.139. The molecule has 6 nitrogen and oxygen atoms in total. The summed E-state index contributed by atoms with van der Waals surface area (Å²) < 4.78 is 15.4. The number of para-hydroxylation sites is 1. The lowest BCUT2D eigenvalue weighted by atomic mass is 10.1. The van der Waals surface area contributed by atoms with Gasteiger partial charge in [-0.25, -0.2) is 0 Å². The molecule has 6 heteroatoms. The molecule has 0 saturated carbocycles. The van der Waals surface area contributed by atoms with Crippen LogP contribution in [0.1, 0.15) is 24.1 Å². The maximum absolute atomic E-state index is 12.1. The fraction of sp³-hybridized carbons (Fsp3) is 0.300. The predicted octanol–water partition coefficient (Wildman–Crippen LogP) is 2.67. The molecule has 2 aromatic carbocycles. The van der Waals surface area contributed by atoms with Gasteiger partial charge in [0.1, 0.15) is 11.5 Å². The van der Waals surface area contributed by atoms with Gasteiger partial charge < -0.3 is 19.5 Å². The zero-order valence-electron chi connectivity index (χ0n) is 15.2. The van der Waals surface area contributed by atoms with E-state index in [1.165, 1.54) is 7.11 Å². The monoisotopic (exact) mass is 357 g/mol.